The molecule has 0 aliphatic rings. The van der Waals surface area contributed by atoms with Crippen molar-refractivity contribution in [1.29, 1.82) is 0 Å². The average molecular weight is 217 g/mol. The molecule has 1 aromatic heterocycles. The van der Waals surface area contributed by atoms with Crippen molar-refractivity contribution in [3.05, 3.63) is 40.4 Å². The standard InChI is InChI=1S/C12H11NOS/c1-8-3-4-9(2)11(5-8)12-13-10(6-14)7-15-12/h3-7H,1-2H3. The fourth-order valence-corrected chi connectivity index (χ4v) is 2.28. The van der Waals surface area contributed by atoms with Crippen molar-refractivity contribution in [2.24, 2.45) is 0 Å². The summed E-state index contributed by atoms with van der Waals surface area (Å²) in [5.74, 6) is 0. The SMILES string of the molecule is Cc1ccc(C)c(-c2nc(C=O)cs2)c1. The number of rotatable bonds is 2. The molecule has 0 saturated carbocycles. The predicted molar refractivity (Wildman–Crippen MR) is 62.4 cm³/mol. The topological polar surface area (TPSA) is 30.0 Å². The first-order valence-corrected chi connectivity index (χ1v) is 5.57. The van der Waals surface area contributed by atoms with Gasteiger partial charge >= 0.3 is 0 Å². The molecule has 3 heteroatoms. The second-order valence-electron chi connectivity index (χ2n) is 3.51. The molecule has 0 bridgehead atoms. The highest BCUT2D eigenvalue weighted by Gasteiger charge is 2.06. The van der Waals surface area contributed by atoms with Crippen LogP contribution in [0, 0.1) is 13.8 Å². The first-order valence-electron chi connectivity index (χ1n) is 4.69. The lowest BCUT2D eigenvalue weighted by Gasteiger charge is -2.02. The van der Waals surface area contributed by atoms with Gasteiger partial charge in [0.1, 0.15) is 10.7 Å². The third-order valence-electron chi connectivity index (χ3n) is 2.27. The summed E-state index contributed by atoms with van der Waals surface area (Å²) in [6.45, 7) is 4.11. The minimum atomic E-state index is 0.510. The Labute approximate surface area is 92.6 Å². The second kappa shape index (κ2) is 3.95. The van der Waals surface area contributed by atoms with Gasteiger partial charge in [0, 0.05) is 10.9 Å². The molecule has 1 aromatic carbocycles. The lowest BCUT2D eigenvalue weighted by atomic mass is 10.1. The van der Waals surface area contributed by atoms with Gasteiger partial charge in [-0.05, 0) is 25.5 Å². The number of thiazole rings is 1. The monoisotopic (exact) mass is 217 g/mol. The molecule has 0 aliphatic heterocycles. The van der Waals surface area contributed by atoms with Gasteiger partial charge in [-0.2, -0.15) is 0 Å². The van der Waals surface area contributed by atoms with Gasteiger partial charge in [-0.1, -0.05) is 17.7 Å². The summed E-state index contributed by atoms with van der Waals surface area (Å²) < 4.78 is 0. The smallest absolute Gasteiger partial charge is 0.169 e. The van der Waals surface area contributed by atoms with Crippen LogP contribution in [0.2, 0.25) is 0 Å². The molecule has 2 aromatic rings. The van der Waals surface area contributed by atoms with Crippen molar-refractivity contribution in [1.82, 2.24) is 4.98 Å². The van der Waals surface area contributed by atoms with Crippen molar-refractivity contribution in [3.63, 3.8) is 0 Å². The van der Waals surface area contributed by atoms with Gasteiger partial charge in [0.05, 0.1) is 0 Å². The molecule has 0 unspecified atom stereocenters. The van der Waals surface area contributed by atoms with Crippen LogP contribution in [0.15, 0.2) is 23.6 Å². The molecule has 0 atom stereocenters. The normalized spacial score (nSPS) is 10.3. The van der Waals surface area contributed by atoms with E-state index in [1.54, 1.807) is 5.38 Å². The van der Waals surface area contributed by atoms with E-state index in [4.69, 9.17) is 0 Å². The highest BCUT2D eigenvalue weighted by Crippen LogP contribution is 2.27. The summed E-state index contributed by atoms with van der Waals surface area (Å²) >= 11 is 1.51. The Hall–Kier alpha value is -1.48. The van der Waals surface area contributed by atoms with E-state index < -0.39 is 0 Å². The van der Waals surface area contributed by atoms with Crippen molar-refractivity contribution >= 4 is 17.6 Å². The number of hydrogen-bond donors (Lipinski definition) is 0. The zero-order chi connectivity index (χ0) is 10.8. The number of carbonyl (C=O) groups is 1. The molecule has 1 heterocycles. The van der Waals surface area contributed by atoms with E-state index in [9.17, 15) is 4.79 Å². The predicted octanol–water partition coefficient (Wildman–Crippen LogP) is 3.24. The van der Waals surface area contributed by atoms with E-state index in [-0.39, 0.29) is 0 Å². The quantitative estimate of drug-likeness (QED) is 0.723. The second-order valence-corrected chi connectivity index (χ2v) is 4.37. The lowest BCUT2D eigenvalue weighted by molar-refractivity contribution is 0.111. The molecule has 15 heavy (non-hydrogen) atoms. The molecule has 2 nitrogen and oxygen atoms in total. The van der Waals surface area contributed by atoms with Crippen molar-refractivity contribution in [2.75, 3.05) is 0 Å². The van der Waals surface area contributed by atoms with E-state index in [1.165, 1.54) is 22.5 Å². The first-order chi connectivity index (χ1) is 7.20. The maximum Gasteiger partial charge on any atom is 0.169 e. The number of aryl methyl sites for hydroxylation is 2. The Balaban J connectivity index is 2.52. The summed E-state index contributed by atoms with van der Waals surface area (Å²) in [4.78, 5) is 14.8. The fourth-order valence-electron chi connectivity index (χ4n) is 1.43. The highest BCUT2D eigenvalue weighted by molar-refractivity contribution is 7.13. The Morgan fingerprint density at radius 2 is 2.13 bits per heavy atom. The van der Waals surface area contributed by atoms with E-state index >= 15 is 0 Å². The number of carbonyl (C=O) groups excluding carboxylic acids is 1. The Kier molecular flexibility index (Phi) is 2.64. The van der Waals surface area contributed by atoms with Crippen molar-refractivity contribution in [3.8, 4) is 10.6 Å². The van der Waals surface area contributed by atoms with Gasteiger partial charge in [-0.25, -0.2) is 4.98 Å². The molecule has 0 saturated heterocycles. The van der Waals surface area contributed by atoms with Crippen LogP contribution in [-0.2, 0) is 0 Å². The number of aldehydes is 1. The van der Waals surface area contributed by atoms with Gasteiger partial charge in [0.2, 0.25) is 0 Å². The molecule has 2 rings (SSSR count). The largest absolute Gasteiger partial charge is 0.296 e. The van der Waals surface area contributed by atoms with Crippen LogP contribution in [0.3, 0.4) is 0 Å². The number of hydrogen-bond acceptors (Lipinski definition) is 3. The van der Waals surface area contributed by atoms with Crippen molar-refractivity contribution < 1.29 is 4.79 Å². The summed E-state index contributed by atoms with van der Waals surface area (Å²) in [5, 5.41) is 2.70. The maximum atomic E-state index is 10.5. The Bertz CT molecular complexity index is 502. The van der Waals surface area contributed by atoms with Crippen LogP contribution in [0.5, 0.6) is 0 Å². The van der Waals surface area contributed by atoms with Gasteiger partial charge in [0.15, 0.2) is 6.29 Å². The number of nitrogens with zero attached hydrogens (tertiary/aromatic N) is 1. The van der Waals surface area contributed by atoms with Crippen LogP contribution in [0.25, 0.3) is 10.6 Å². The fraction of sp³-hybridized carbons (Fsp3) is 0.167. The van der Waals surface area contributed by atoms with Crippen LogP contribution < -0.4 is 0 Å². The zero-order valence-corrected chi connectivity index (χ0v) is 9.47. The molecule has 0 fully saturated rings. The van der Waals surface area contributed by atoms with E-state index in [0.717, 1.165) is 16.9 Å². The van der Waals surface area contributed by atoms with Crippen molar-refractivity contribution in [2.45, 2.75) is 13.8 Å². The van der Waals surface area contributed by atoms with Crippen LogP contribution in [0.4, 0.5) is 0 Å². The number of benzene rings is 1. The minimum absolute atomic E-state index is 0.510. The first kappa shape index (κ1) is 10.1. The molecule has 0 radical (unpaired) electrons. The van der Waals surface area contributed by atoms with Crippen LogP contribution in [0.1, 0.15) is 21.6 Å². The molecule has 0 amide bonds. The van der Waals surface area contributed by atoms with E-state index in [2.05, 4.69) is 37.0 Å². The number of aromatic nitrogens is 1. The molecular weight excluding hydrogens is 206 g/mol. The maximum absolute atomic E-state index is 10.5. The molecular formula is C12H11NOS. The minimum Gasteiger partial charge on any atom is -0.296 e. The molecule has 0 aliphatic carbocycles. The third-order valence-corrected chi connectivity index (χ3v) is 3.16. The van der Waals surface area contributed by atoms with Gasteiger partial charge in [-0.3, -0.25) is 4.79 Å². The Morgan fingerprint density at radius 3 is 2.80 bits per heavy atom. The van der Waals surface area contributed by atoms with Crippen LogP contribution in [-0.4, -0.2) is 11.3 Å². The molecule has 0 N–H and O–H groups in total. The van der Waals surface area contributed by atoms with E-state index in [1.807, 2.05) is 0 Å². The third kappa shape index (κ3) is 1.97. The summed E-state index contributed by atoms with van der Waals surface area (Å²) in [6.07, 6.45) is 0.783. The summed E-state index contributed by atoms with van der Waals surface area (Å²) in [6, 6.07) is 6.25. The van der Waals surface area contributed by atoms with Crippen LogP contribution >= 0.6 is 11.3 Å². The van der Waals surface area contributed by atoms with Gasteiger partial charge in [-0.15, -0.1) is 11.3 Å². The molecule has 0 spiro atoms. The molecule has 76 valence electrons. The average Bonchev–Trinajstić information content (AvgIpc) is 2.70. The van der Waals surface area contributed by atoms with Gasteiger partial charge < -0.3 is 0 Å². The highest BCUT2D eigenvalue weighted by atomic mass is 32.1. The zero-order valence-electron chi connectivity index (χ0n) is 8.65. The summed E-state index contributed by atoms with van der Waals surface area (Å²) in [5.41, 5.74) is 4.02. The van der Waals surface area contributed by atoms with Gasteiger partial charge in [0.25, 0.3) is 0 Å². The lowest BCUT2D eigenvalue weighted by Crippen LogP contribution is -1.85. The Morgan fingerprint density at radius 1 is 1.33 bits per heavy atom. The van der Waals surface area contributed by atoms with E-state index in [0.29, 0.717) is 5.69 Å². The summed E-state index contributed by atoms with van der Waals surface area (Å²) in [7, 11) is 0.